The Balaban J connectivity index is 2.14. The Labute approximate surface area is 115 Å². The van der Waals surface area contributed by atoms with Crippen molar-refractivity contribution in [2.24, 2.45) is 0 Å². The first-order chi connectivity index (χ1) is 8.46. The molecule has 0 spiro atoms. The van der Waals surface area contributed by atoms with Crippen LogP contribution in [0, 0.1) is 0 Å². The van der Waals surface area contributed by atoms with Crippen molar-refractivity contribution >= 4 is 27.3 Å². The van der Waals surface area contributed by atoms with Gasteiger partial charge in [0.2, 0.25) is 0 Å². The molecule has 18 heavy (non-hydrogen) atoms. The van der Waals surface area contributed by atoms with Gasteiger partial charge in [-0.15, -0.1) is 11.3 Å². The molecule has 0 fully saturated rings. The number of hydrogen-bond acceptors (Lipinski definition) is 2. The first kappa shape index (κ1) is 13.5. The number of halogens is 4. The standard InChI is InChI=1S/C12H9BrF3NS/c13-9-4-2-1-3-8(9)10-7-18-11(17-10)5-6-12(14,15)16/h1-4,7H,5-6H2. The van der Waals surface area contributed by atoms with Crippen LogP contribution in [0.5, 0.6) is 0 Å². The maximum Gasteiger partial charge on any atom is 0.389 e. The fourth-order valence-electron chi connectivity index (χ4n) is 1.47. The largest absolute Gasteiger partial charge is 0.389 e. The highest BCUT2D eigenvalue weighted by molar-refractivity contribution is 9.10. The van der Waals surface area contributed by atoms with Crippen LogP contribution in [-0.4, -0.2) is 11.2 Å². The molecule has 2 rings (SSSR count). The molecule has 96 valence electrons. The Hall–Kier alpha value is -0.880. The Kier molecular flexibility index (Phi) is 4.07. The first-order valence-electron chi connectivity index (χ1n) is 5.22. The lowest BCUT2D eigenvalue weighted by Gasteiger charge is -2.03. The molecule has 0 aliphatic heterocycles. The number of rotatable bonds is 3. The Morgan fingerprint density at radius 1 is 1.22 bits per heavy atom. The highest BCUT2D eigenvalue weighted by Gasteiger charge is 2.27. The van der Waals surface area contributed by atoms with Crippen molar-refractivity contribution in [3.63, 3.8) is 0 Å². The summed E-state index contributed by atoms with van der Waals surface area (Å²) in [4.78, 5) is 4.23. The lowest BCUT2D eigenvalue weighted by Crippen LogP contribution is -2.08. The summed E-state index contributed by atoms with van der Waals surface area (Å²) in [7, 11) is 0. The summed E-state index contributed by atoms with van der Waals surface area (Å²) < 4.78 is 37.2. The molecule has 1 nitrogen and oxygen atoms in total. The van der Waals surface area contributed by atoms with E-state index in [1.54, 1.807) is 5.38 Å². The highest BCUT2D eigenvalue weighted by atomic mass is 79.9. The third-order valence-electron chi connectivity index (χ3n) is 2.32. The molecule has 6 heteroatoms. The van der Waals surface area contributed by atoms with E-state index in [0.717, 1.165) is 10.0 Å². The maximum atomic E-state index is 12.1. The third kappa shape index (κ3) is 3.55. The van der Waals surface area contributed by atoms with E-state index in [9.17, 15) is 13.2 Å². The molecule has 0 aliphatic rings. The molecule has 0 aliphatic carbocycles. The van der Waals surface area contributed by atoms with Crippen LogP contribution in [0.2, 0.25) is 0 Å². The number of nitrogens with zero attached hydrogens (tertiary/aromatic N) is 1. The Morgan fingerprint density at radius 3 is 2.61 bits per heavy atom. The molecule has 0 N–H and O–H groups in total. The normalized spacial score (nSPS) is 11.8. The predicted molar refractivity (Wildman–Crippen MR) is 69.6 cm³/mol. The van der Waals surface area contributed by atoms with Crippen LogP contribution in [0.4, 0.5) is 13.2 Å². The van der Waals surface area contributed by atoms with Crippen molar-refractivity contribution in [3.05, 3.63) is 39.1 Å². The van der Waals surface area contributed by atoms with Crippen LogP contribution < -0.4 is 0 Å². The quantitative estimate of drug-likeness (QED) is 0.763. The summed E-state index contributed by atoms with van der Waals surface area (Å²) in [5.41, 5.74) is 1.61. The van der Waals surface area contributed by atoms with E-state index in [-0.39, 0.29) is 6.42 Å². The number of alkyl halides is 3. The average molecular weight is 336 g/mol. The molecule has 0 saturated heterocycles. The van der Waals surface area contributed by atoms with E-state index in [2.05, 4.69) is 20.9 Å². The van der Waals surface area contributed by atoms with Crippen LogP contribution in [-0.2, 0) is 6.42 Å². The van der Waals surface area contributed by atoms with Crippen molar-refractivity contribution in [2.75, 3.05) is 0 Å². The average Bonchev–Trinajstić information content (AvgIpc) is 2.75. The van der Waals surface area contributed by atoms with E-state index in [0.29, 0.717) is 10.7 Å². The zero-order chi connectivity index (χ0) is 13.2. The molecule has 2 aromatic rings. The SMILES string of the molecule is FC(F)(F)CCc1nc(-c2ccccc2Br)cs1. The lowest BCUT2D eigenvalue weighted by molar-refractivity contribution is -0.133. The summed E-state index contributed by atoms with van der Waals surface area (Å²) >= 11 is 4.66. The maximum absolute atomic E-state index is 12.1. The van der Waals surface area contributed by atoms with Crippen molar-refractivity contribution in [3.8, 4) is 11.3 Å². The molecule has 0 radical (unpaired) electrons. The zero-order valence-electron chi connectivity index (χ0n) is 9.17. The third-order valence-corrected chi connectivity index (χ3v) is 3.92. The van der Waals surface area contributed by atoms with Crippen LogP contribution >= 0.6 is 27.3 Å². The summed E-state index contributed by atoms with van der Waals surface area (Å²) in [6, 6.07) is 7.51. The molecule has 1 aromatic heterocycles. The minimum absolute atomic E-state index is 0.0569. The molecule has 0 atom stereocenters. The zero-order valence-corrected chi connectivity index (χ0v) is 11.6. The van der Waals surface area contributed by atoms with Gasteiger partial charge in [0.05, 0.1) is 10.7 Å². The monoisotopic (exact) mass is 335 g/mol. The van der Waals surface area contributed by atoms with Crippen LogP contribution in [0.25, 0.3) is 11.3 Å². The molecule has 0 saturated carbocycles. The van der Waals surface area contributed by atoms with Gasteiger partial charge in [-0.3, -0.25) is 0 Å². The van der Waals surface area contributed by atoms with Gasteiger partial charge in [0.15, 0.2) is 0 Å². The summed E-state index contributed by atoms with van der Waals surface area (Å²) in [5, 5.41) is 2.30. The second-order valence-electron chi connectivity index (χ2n) is 3.72. The molecule has 0 unspecified atom stereocenters. The van der Waals surface area contributed by atoms with Gasteiger partial charge in [-0.1, -0.05) is 34.1 Å². The van der Waals surface area contributed by atoms with E-state index in [1.165, 1.54) is 11.3 Å². The van der Waals surface area contributed by atoms with Gasteiger partial charge in [0.25, 0.3) is 0 Å². The minimum Gasteiger partial charge on any atom is -0.241 e. The van der Waals surface area contributed by atoms with Gasteiger partial charge in [-0.25, -0.2) is 4.98 Å². The number of aryl methyl sites for hydroxylation is 1. The molecular formula is C12H9BrF3NS. The van der Waals surface area contributed by atoms with Crippen molar-refractivity contribution in [2.45, 2.75) is 19.0 Å². The number of hydrogen-bond donors (Lipinski definition) is 0. The second-order valence-corrected chi connectivity index (χ2v) is 5.52. The van der Waals surface area contributed by atoms with Gasteiger partial charge in [-0.05, 0) is 6.07 Å². The summed E-state index contributed by atoms with van der Waals surface area (Å²) in [5.74, 6) is 0. The molecule has 0 amide bonds. The van der Waals surface area contributed by atoms with Gasteiger partial charge < -0.3 is 0 Å². The summed E-state index contributed by atoms with van der Waals surface area (Å²) in [6.45, 7) is 0. The molecule has 0 bridgehead atoms. The van der Waals surface area contributed by atoms with Gasteiger partial charge >= 0.3 is 6.18 Å². The van der Waals surface area contributed by atoms with E-state index < -0.39 is 12.6 Å². The number of aromatic nitrogens is 1. The van der Waals surface area contributed by atoms with Crippen molar-refractivity contribution in [1.29, 1.82) is 0 Å². The lowest BCUT2D eigenvalue weighted by atomic mass is 10.2. The van der Waals surface area contributed by atoms with Crippen molar-refractivity contribution in [1.82, 2.24) is 4.98 Å². The van der Waals surface area contributed by atoms with Gasteiger partial charge in [0.1, 0.15) is 0 Å². The minimum atomic E-state index is -4.13. The topological polar surface area (TPSA) is 12.9 Å². The van der Waals surface area contributed by atoms with Crippen LogP contribution in [0.3, 0.4) is 0 Å². The highest BCUT2D eigenvalue weighted by Crippen LogP contribution is 2.30. The predicted octanol–water partition coefficient (Wildman–Crippen LogP) is 5.07. The van der Waals surface area contributed by atoms with Crippen molar-refractivity contribution < 1.29 is 13.2 Å². The van der Waals surface area contributed by atoms with Gasteiger partial charge in [-0.2, -0.15) is 13.2 Å². The number of benzene rings is 1. The summed E-state index contributed by atoms with van der Waals surface area (Å²) in [6.07, 6.45) is -5.01. The smallest absolute Gasteiger partial charge is 0.241 e. The van der Waals surface area contributed by atoms with Crippen LogP contribution in [0.1, 0.15) is 11.4 Å². The fourth-order valence-corrected chi connectivity index (χ4v) is 2.75. The molecule has 1 heterocycles. The van der Waals surface area contributed by atoms with Gasteiger partial charge in [0, 0.05) is 28.3 Å². The second kappa shape index (κ2) is 5.40. The van der Waals surface area contributed by atoms with E-state index in [4.69, 9.17) is 0 Å². The van der Waals surface area contributed by atoms with E-state index in [1.807, 2.05) is 24.3 Å². The Bertz CT molecular complexity index is 536. The van der Waals surface area contributed by atoms with E-state index >= 15 is 0 Å². The first-order valence-corrected chi connectivity index (χ1v) is 6.89. The van der Waals surface area contributed by atoms with Crippen LogP contribution in [0.15, 0.2) is 34.1 Å². The molecule has 1 aromatic carbocycles. The Morgan fingerprint density at radius 2 is 1.94 bits per heavy atom. The molecular weight excluding hydrogens is 327 g/mol. The fraction of sp³-hybridized carbons (Fsp3) is 0.250. The number of thiazole rings is 1.